The molecule has 0 atom stereocenters. The highest BCUT2D eigenvalue weighted by Gasteiger charge is 2.26. The number of esters is 1. The zero-order chi connectivity index (χ0) is 25.2. The summed E-state index contributed by atoms with van der Waals surface area (Å²) in [5, 5.41) is 2.52. The molecule has 0 aromatic heterocycles. The highest BCUT2D eigenvalue weighted by atomic mass is 35.5. The van der Waals surface area contributed by atoms with Gasteiger partial charge in [0.15, 0.2) is 19.0 Å². The largest absolute Gasteiger partial charge is 0.482 e. The molecule has 1 aliphatic heterocycles. The van der Waals surface area contributed by atoms with E-state index in [1.165, 1.54) is 37.4 Å². The van der Waals surface area contributed by atoms with Crippen LogP contribution in [0.3, 0.4) is 0 Å². The number of para-hydroxylation sites is 1. The number of amides is 1. The SMILES string of the molecule is CN(c1ccccc1)S(=O)(=O)c1cc(C(=O)OCC(=O)c2ccc3c(c2)NC(=O)CO3)ccc1Cl. The Hall–Kier alpha value is -3.89. The smallest absolute Gasteiger partial charge is 0.338 e. The number of sulfonamides is 1. The van der Waals surface area contributed by atoms with Crippen molar-refractivity contribution in [1.29, 1.82) is 0 Å². The summed E-state index contributed by atoms with van der Waals surface area (Å²) < 4.78 is 37.6. The van der Waals surface area contributed by atoms with Crippen molar-refractivity contribution in [3.05, 3.63) is 82.9 Å². The third kappa shape index (κ3) is 5.13. The van der Waals surface area contributed by atoms with Gasteiger partial charge in [-0.2, -0.15) is 0 Å². The molecule has 0 bridgehead atoms. The van der Waals surface area contributed by atoms with Crippen LogP contribution >= 0.6 is 11.6 Å². The average Bonchev–Trinajstić information content (AvgIpc) is 2.86. The molecule has 1 amide bonds. The number of rotatable bonds is 7. The molecule has 0 unspecified atom stereocenters. The number of benzene rings is 3. The monoisotopic (exact) mass is 514 g/mol. The molecule has 3 aromatic rings. The van der Waals surface area contributed by atoms with Gasteiger partial charge in [0.25, 0.3) is 15.9 Å². The van der Waals surface area contributed by atoms with E-state index in [4.69, 9.17) is 21.1 Å². The number of nitrogens with zero attached hydrogens (tertiary/aromatic N) is 1. The minimum atomic E-state index is -4.09. The minimum Gasteiger partial charge on any atom is -0.482 e. The molecule has 0 radical (unpaired) electrons. The zero-order valence-electron chi connectivity index (χ0n) is 18.4. The molecule has 180 valence electrons. The Labute approximate surface area is 206 Å². The molecular formula is C24H19ClN2O7S. The van der Waals surface area contributed by atoms with Crippen LogP contribution in [0, 0.1) is 0 Å². The Morgan fingerprint density at radius 2 is 1.77 bits per heavy atom. The molecule has 1 aliphatic rings. The first kappa shape index (κ1) is 24.2. The van der Waals surface area contributed by atoms with Crippen molar-refractivity contribution in [2.45, 2.75) is 4.90 Å². The van der Waals surface area contributed by atoms with Crippen LogP contribution in [0.4, 0.5) is 11.4 Å². The number of carbonyl (C=O) groups is 3. The van der Waals surface area contributed by atoms with Gasteiger partial charge in [0.1, 0.15) is 10.6 Å². The molecule has 0 spiro atoms. The molecule has 11 heteroatoms. The van der Waals surface area contributed by atoms with E-state index >= 15 is 0 Å². The summed E-state index contributed by atoms with van der Waals surface area (Å²) in [6.07, 6.45) is 0. The third-order valence-corrected chi connectivity index (χ3v) is 7.46. The lowest BCUT2D eigenvalue weighted by Gasteiger charge is -2.20. The minimum absolute atomic E-state index is 0.0706. The Kier molecular flexibility index (Phi) is 6.77. The van der Waals surface area contributed by atoms with Crippen LogP contribution in [0.1, 0.15) is 20.7 Å². The van der Waals surface area contributed by atoms with Crippen LogP contribution in [0.25, 0.3) is 0 Å². The Morgan fingerprint density at radius 1 is 1.06 bits per heavy atom. The maximum atomic E-state index is 13.1. The number of hydrogen-bond donors (Lipinski definition) is 1. The van der Waals surface area contributed by atoms with E-state index < -0.39 is 28.4 Å². The quantitative estimate of drug-likeness (QED) is 0.378. The van der Waals surface area contributed by atoms with Gasteiger partial charge in [-0.3, -0.25) is 13.9 Å². The van der Waals surface area contributed by atoms with Crippen molar-refractivity contribution in [2.24, 2.45) is 0 Å². The summed E-state index contributed by atoms with van der Waals surface area (Å²) in [6.45, 7) is -0.709. The summed E-state index contributed by atoms with van der Waals surface area (Å²) in [5.74, 6) is -1.34. The van der Waals surface area contributed by atoms with Crippen LogP contribution in [0.15, 0.2) is 71.6 Å². The molecule has 3 aromatic carbocycles. The second kappa shape index (κ2) is 9.77. The van der Waals surface area contributed by atoms with Crippen molar-refractivity contribution in [1.82, 2.24) is 0 Å². The van der Waals surface area contributed by atoms with E-state index in [1.54, 1.807) is 30.3 Å². The number of nitrogens with one attached hydrogen (secondary N) is 1. The van der Waals surface area contributed by atoms with Gasteiger partial charge in [0.2, 0.25) is 0 Å². The van der Waals surface area contributed by atoms with Gasteiger partial charge < -0.3 is 14.8 Å². The van der Waals surface area contributed by atoms with Gasteiger partial charge in [0, 0.05) is 12.6 Å². The topological polar surface area (TPSA) is 119 Å². The lowest BCUT2D eigenvalue weighted by molar-refractivity contribution is -0.118. The summed E-state index contributed by atoms with van der Waals surface area (Å²) in [7, 11) is -2.71. The number of hydrogen-bond acceptors (Lipinski definition) is 7. The van der Waals surface area contributed by atoms with Crippen molar-refractivity contribution >= 4 is 50.7 Å². The molecule has 0 saturated carbocycles. The maximum Gasteiger partial charge on any atom is 0.338 e. The van der Waals surface area contributed by atoms with Gasteiger partial charge in [-0.05, 0) is 48.5 Å². The van der Waals surface area contributed by atoms with Crippen LogP contribution in [0.5, 0.6) is 5.75 Å². The van der Waals surface area contributed by atoms with E-state index in [2.05, 4.69) is 5.32 Å². The Morgan fingerprint density at radius 3 is 2.51 bits per heavy atom. The lowest BCUT2D eigenvalue weighted by atomic mass is 10.1. The van der Waals surface area contributed by atoms with Gasteiger partial charge >= 0.3 is 5.97 Å². The van der Waals surface area contributed by atoms with E-state index in [0.29, 0.717) is 17.1 Å². The first-order valence-corrected chi connectivity index (χ1v) is 12.1. The molecule has 0 aliphatic carbocycles. The number of ether oxygens (including phenoxy) is 2. The predicted molar refractivity (Wildman–Crippen MR) is 129 cm³/mol. The van der Waals surface area contributed by atoms with Crippen molar-refractivity contribution in [3.8, 4) is 5.75 Å². The van der Waals surface area contributed by atoms with Gasteiger partial charge in [-0.25, -0.2) is 13.2 Å². The number of Topliss-reactive ketones (excluding diaryl/α,β-unsaturated/α-hetero) is 1. The first-order chi connectivity index (χ1) is 16.7. The second-order valence-electron chi connectivity index (χ2n) is 7.50. The summed E-state index contributed by atoms with van der Waals surface area (Å²) in [6, 6.07) is 16.5. The molecule has 0 fully saturated rings. The molecule has 9 nitrogen and oxygen atoms in total. The van der Waals surface area contributed by atoms with Crippen molar-refractivity contribution in [3.63, 3.8) is 0 Å². The number of fused-ring (bicyclic) bond motifs is 1. The molecule has 1 N–H and O–H groups in total. The van der Waals surface area contributed by atoms with E-state index in [9.17, 15) is 22.8 Å². The number of carbonyl (C=O) groups excluding carboxylic acids is 3. The molecule has 4 rings (SSSR count). The van der Waals surface area contributed by atoms with E-state index in [-0.39, 0.29) is 33.6 Å². The first-order valence-electron chi connectivity index (χ1n) is 10.3. The standard InChI is InChI=1S/C24H19ClN2O7S/c1-27(17-5-3-2-4-6-17)35(31,32)22-12-16(7-9-18(22)25)24(30)34-13-20(28)15-8-10-21-19(11-15)26-23(29)14-33-21/h2-12H,13-14H2,1H3,(H,26,29). The lowest BCUT2D eigenvalue weighted by Crippen LogP contribution is -2.27. The van der Waals surface area contributed by atoms with E-state index in [1.807, 2.05) is 0 Å². The normalized spacial score (nSPS) is 12.7. The zero-order valence-corrected chi connectivity index (χ0v) is 19.9. The van der Waals surface area contributed by atoms with Crippen LogP contribution in [-0.4, -0.2) is 46.3 Å². The maximum absolute atomic E-state index is 13.1. The Balaban J connectivity index is 1.49. The van der Waals surface area contributed by atoms with Crippen molar-refractivity contribution < 1.29 is 32.3 Å². The van der Waals surface area contributed by atoms with Gasteiger partial charge in [-0.15, -0.1) is 0 Å². The highest BCUT2D eigenvalue weighted by Crippen LogP contribution is 2.30. The van der Waals surface area contributed by atoms with E-state index in [0.717, 1.165) is 10.4 Å². The fourth-order valence-corrected chi connectivity index (χ4v) is 5.00. The Bertz CT molecular complexity index is 1430. The highest BCUT2D eigenvalue weighted by molar-refractivity contribution is 7.93. The second-order valence-corrected chi connectivity index (χ2v) is 9.85. The third-order valence-electron chi connectivity index (χ3n) is 5.19. The number of anilines is 2. The van der Waals surface area contributed by atoms with Crippen LogP contribution < -0.4 is 14.4 Å². The van der Waals surface area contributed by atoms with Crippen molar-refractivity contribution in [2.75, 3.05) is 29.9 Å². The van der Waals surface area contributed by atoms with Crippen LogP contribution in [-0.2, 0) is 19.6 Å². The summed E-state index contributed by atoms with van der Waals surface area (Å²) in [5.41, 5.74) is 0.863. The number of halogens is 1. The summed E-state index contributed by atoms with van der Waals surface area (Å²) >= 11 is 6.14. The molecule has 35 heavy (non-hydrogen) atoms. The van der Waals surface area contributed by atoms with Crippen LogP contribution in [0.2, 0.25) is 5.02 Å². The summed E-state index contributed by atoms with van der Waals surface area (Å²) in [4.78, 5) is 36.3. The fraction of sp³-hybridized carbons (Fsp3) is 0.125. The average molecular weight is 515 g/mol. The molecular weight excluding hydrogens is 496 g/mol. The fourth-order valence-electron chi connectivity index (χ4n) is 3.31. The van der Waals surface area contributed by atoms with Gasteiger partial charge in [-0.1, -0.05) is 29.8 Å². The molecule has 1 heterocycles. The van der Waals surface area contributed by atoms with Gasteiger partial charge in [0.05, 0.1) is 22.0 Å². The number of ketones is 1. The predicted octanol–water partition coefficient (Wildman–Crippen LogP) is 3.54. The molecule has 0 saturated heterocycles.